The molecule has 3 nitrogen and oxygen atoms in total. The van der Waals surface area contributed by atoms with Gasteiger partial charge in [-0.05, 0) is 25.0 Å². The summed E-state index contributed by atoms with van der Waals surface area (Å²) in [4.78, 5) is 17.5. The molecular formula is C19H21NO2. The lowest BCUT2D eigenvalue weighted by molar-refractivity contribution is -0.137. The molecule has 2 rings (SSSR count). The molecule has 114 valence electrons. The molecule has 2 aromatic rings. The minimum absolute atomic E-state index is 0.160. The number of carbonyl (C=O) groups excluding carboxylic acids is 1. The molecule has 0 fully saturated rings. The van der Waals surface area contributed by atoms with Gasteiger partial charge in [0.25, 0.3) is 5.91 Å². The van der Waals surface area contributed by atoms with Crippen molar-refractivity contribution in [2.24, 2.45) is 0 Å². The summed E-state index contributed by atoms with van der Waals surface area (Å²) >= 11 is 0. The molecule has 1 N–H and O–H groups in total. The zero-order valence-electron chi connectivity index (χ0n) is 13.0. The van der Waals surface area contributed by atoms with Crippen LogP contribution >= 0.6 is 0 Å². The van der Waals surface area contributed by atoms with Crippen molar-refractivity contribution in [3.8, 4) is 0 Å². The van der Waals surface area contributed by atoms with E-state index in [1.165, 1.54) is 0 Å². The van der Waals surface area contributed by atoms with Crippen molar-refractivity contribution in [1.29, 1.82) is 0 Å². The lowest BCUT2D eigenvalue weighted by atomic mass is 9.84. The second-order valence-electron chi connectivity index (χ2n) is 5.55. The molecular weight excluding hydrogens is 274 g/mol. The number of hydrogen-bond donors (Lipinski definition) is 1. The maximum absolute atomic E-state index is 12.2. The Morgan fingerprint density at radius 1 is 1.05 bits per heavy atom. The molecule has 0 bridgehead atoms. The Morgan fingerprint density at radius 2 is 1.64 bits per heavy atom. The van der Waals surface area contributed by atoms with E-state index in [0.717, 1.165) is 11.1 Å². The van der Waals surface area contributed by atoms with E-state index in [9.17, 15) is 4.79 Å². The van der Waals surface area contributed by atoms with Gasteiger partial charge in [0.05, 0.1) is 12.0 Å². The van der Waals surface area contributed by atoms with Gasteiger partial charge in [0.15, 0.2) is 0 Å². The number of nitrogens with one attached hydrogen (secondary N) is 1. The standard InChI is InChI=1S/C19H21NO2/c1-19(2,17-13-7-4-8-14-17)18(21)20-22-15-9-12-16-10-5-3-6-11-16/h3-14H,15H2,1-2H3,(H,20,21)/b12-9+. The van der Waals surface area contributed by atoms with Crippen LogP contribution in [0, 0.1) is 0 Å². The molecule has 0 aliphatic carbocycles. The quantitative estimate of drug-likeness (QED) is 0.651. The van der Waals surface area contributed by atoms with Crippen LogP contribution in [0.25, 0.3) is 6.08 Å². The van der Waals surface area contributed by atoms with E-state index in [4.69, 9.17) is 4.84 Å². The van der Waals surface area contributed by atoms with Gasteiger partial charge < -0.3 is 0 Å². The Bertz CT molecular complexity index is 618. The third kappa shape index (κ3) is 4.30. The van der Waals surface area contributed by atoms with Gasteiger partial charge in [-0.25, -0.2) is 5.48 Å². The van der Waals surface area contributed by atoms with E-state index < -0.39 is 5.41 Å². The first-order valence-corrected chi connectivity index (χ1v) is 7.30. The maximum Gasteiger partial charge on any atom is 0.253 e. The van der Waals surface area contributed by atoms with Gasteiger partial charge >= 0.3 is 0 Å². The fraction of sp³-hybridized carbons (Fsp3) is 0.211. The molecule has 1 amide bonds. The highest BCUT2D eigenvalue weighted by Crippen LogP contribution is 2.22. The molecule has 0 aromatic heterocycles. The minimum atomic E-state index is -0.635. The first-order valence-electron chi connectivity index (χ1n) is 7.30. The van der Waals surface area contributed by atoms with E-state index in [0.29, 0.717) is 6.61 Å². The van der Waals surface area contributed by atoms with Crippen LogP contribution in [-0.2, 0) is 15.0 Å². The molecule has 0 radical (unpaired) electrons. The van der Waals surface area contributed by atoms with Crippen LogP contribution in [0.3, 0.4) is 0 Å². The van der Waals surface area contributed by atoms with Gasteiger partial charge in [0, 0.05) is 0 Å². The SMILES string of the molecule is CC(C)(C(=O)NOC/C=C/c1ccccc1)c1ccccc1. The van der Waals surface area contributed by atoms with Crippen molar-refractivity contribution in [1.82, 2.24) is 5.48 Å². The molecule has 0 spiro atoms. The average Bonchev–Trinajstić information content (AvgIpc) is 2.56. The van der Waals surface area contributed by atoms with E-state index in [1.54, 1.807) is 0 Å². The van der Waals surface area contributed by atoms with E-state index >= 15 is 0 Å². The van der Waals surface area contributed by atoms with Crippen molar-refractivity contribution in [2.45, 2.75) is 19.3 Å². The largest absolute Gasteiger partial charge is 0.272 e. The van der Waals surface area contributed by atoms with Gasteiger partial charge in [0.2, 0.25) is 0 Å². The first-order chi connectivity index (χ1) is 10.6. The number of carbonyl (C=O) groups is 1. The number of amides is 1. The third-order valence-corrected chi connectivity index (χ3v) is 3.52. The van der Waals surface area contributed by atoms with Gasteiger partial charge in [-0.1, -0.05) is 72.8 Å². The topological polar surface area (TPSA) is 38.3 Å². The Labute approximate surface area is 131 Å². The highest BCUT2D eigenvalue weighted by molar-refractivity contribution is 5.86. The third-order valence-electron chi connectivity index (χ3n) is 3.52. The van der Waals surface area contributed by atoms with Crippen molar-refractivity contribution in [3.63, 3.8) is 0 Å². The summed E-state index contributed by atoms with van der Waals surface area (Å²) < 4.78 is 0. The predicted molar refractivity (Wildman–Crippen MR) is 89.0 cm³/mol. The van der Waals surface area contributed by atoms with Crippen molar-refractivity contribution in [3.05, 3.63) is 77.9 Å². The van der Waals surface area contributed by atoms with Crippen LogP contribution in [0.1, 0.15) is 25.0 Å². The second-order valence-corrected chi connectivity index (χ2v) is 5.55. The molecule has 0 heterocycles. The van der Waals surface area contributed by atoms with Crippen LogP contribution in [0.2, 0.25) is 0 Å². The molecule has 0 aliphatic heterocycles. The number of hydrogen-bond acceptors (Lipinski definition) is 2. The zero-order valence-corrected chi connectivity index (χ0v) is 13.0. The first kappa shape index (κ1) is 16.0. The lowest BCUT2D eigenvalue weighted by Crippen LogP contribution is -2.40. The van der Waals surface area contributed by atoms with Crippen molar-refractivity contribution < 1.29 is 9.63 Å². The normalized spacial score (nSPS) is 11.5. The van der Waals surface area contributed by atoms with E-state index in [1.807, 2.05) is 86.7 Å². The van der Waals surface area contributed by atoms with Crippen LogP contribution in [0.4, 0.5) is 0 Å². The molecule has 22 heavy (non-hydrogen) atoms. The Balaban J connectivity index is 1.82. The predicted octanol–water partition coefficient (Wildman–Crippen LogP) is 3.73. The van der Waals surface area contributed by atoms with Gasteiger partial charge in [-0.15, -0.1) is 0 Å². The summed E-state index contributed by atoms with van der Waals surface area (Å²) in [7, 11) is 0. The number of benzene rings is 2. The highest BCUT2D eigenvalue weighted by Gasteiger charge is 2.29. The van der Waals surface area contributed by atoms with Crippen LogP contribution in [-0.4, -0.2) is 12.5 Å². The molecule has 3 heteroatoms. The lowest BCUT2D eigenvalue weighted by Gasteiger charge is -2.23. The number of rotatable bonds is 6. The summed E-state index contributed by atoms with van der Waals surface area (Å²) in [6.07, 6.45) is 3.82. The summed E-state index contributed by atoms with van der Waals surface area (Å²) in [5, 5.41) is 0. The van der Waals surface area contributed by atoms with E-state index in [2.05, 4.69) is 5.48 Å². The zero-order chi connectivity index (χ0) is 15.8. The smallest absolute Gasteiger partial charge is 0.253 e. The van der Waals surface area contributed by atoms with Gasteiger partial charge in [-0.2, -0.15) is 0 Å². The Morgan fingerprint density at radius 3 is 2.27 bits per heavy atom. The van der Waals surface area contributed by atoms with Gasteiger partial charge in [-0.3, -0.25) is 9.63 Å². The van der Waals surface area contributed by atoms with Crippen LogP contribution < -0.4 is 5.48 Å². The van der Waals surface area contributed by atoms with Gasteiger partial charge in [0.1, 0.15) is 0 Å². The minimum Gasteiger partial charge on any atom is -0.272 e. The summed E-state index contributed by atoms with van der Waals surface area (Å²) in [5.41, 5.74) is 3.94. The molecule has 0 saturated heterocycles. The molecule has 0 aliphatic rings. The highest BCUT2D eigenvalue weighted by atomic mass is 16.6. The molecule has 0 saturated carbocycles. The average molecular weight is 295 g/mol. The molecule has 0 unspecified atom stereocenters. The summed E-state index contributed by atoms with van der Waals surface area (Å²) in [5.74, 6) is -0.160. The van der Waals surface area contributed by atoms with Crippen molar-refractivity contribution >= 4 is 12.0 Å². The monoisotopic (exact) mass is 295 g/mol. The second kappa shape index (κ2) is 7.57. The summed E-state index contributed by atoms with van der Waals surface area (Å²) in [6.45, 7) is 4.08. The fourth-order valence-corrected chi connectivity index (χ4v) is 2.02. The Hall–Kier alpha value is -2.39. The van der Waals surface area contributed by atoms with Crippen LogP contribution in [0.5, 0.6) is 0 Å². The van der Waals surface area contributed by atoms with E-state index in [-0.39, 0.29) is 5.91 Å². The Kier molecular flexibility index (Phi) is 5.50. The van der Waals surface area contributed by atoms with Crippen molar-refractivity contribution in [2.75, 3.05) is 6.61 Å². The maximum atomic E-state index is 12.2. The van der Waals surface area contributed by atoms with Crippen LogP contribution in [0.15, 0.2) is 66.7 Å². The number of hydroxylamine groups is 1. The summed E-state index contributed by atoms with van der Waals surface area (Å²) in [6, 6.07) is 19.6. The molecule has 0 atom stereocenters. The fourth-order valence-electron chi connectivity index (χ4n) is 2.02. The molecule has 2 aromatic carbocycles.